The monoisotopic (exact) mass is 266 g/mol. The summed E-state index contributed by atoms with van der Waals surface area (Å²) in [5.41, 5.74) is 0.628. The molecule has 0 amide bonds. The van der Waals surface area contributed by atoms with E-state index in [0.717, 1.165) is 22.5 Å². The van der Waals surface area contributed by atoms with Crippen LogP contribution in [0.1, 0.15) is 15.4 Å². The van der Waals surface area contributed by atoms with Crippen molar-refractivity contribution in [1.82, 2.24) is 10.2 Å². The number of aromatic nitrogens is 2. The van der Waals surface area contributed by atoms with Gasteiger partial charge in [0.25, 0.3) is 0 Å². The van der Waals surface area contributed by atoms with Crippen molar-refractivity contribution >= 4 is 28.2 Å². The molecule has 0 fully saturated rings. The summed E-state index contributed by atoms with van der Waals surface area (Å²) in [6.07, 6.45) is 0. The number of methoxy groups -OCH3 is 1. The number of carbonyl (C=O) groups is 1. The lowest BCUT2D eigenvalue weighted by Crippen LogP contribution is -1.93. The molecular weight excluding hydrogens is 256 g/mol. The molecule has 4 nitrogen and oxygen atoms in total. The second-order valence-corrected chi connectivity index (χ2v) is 5.61. The van der Waals surface area contributed by atoms with Crippen LogP contribution in [0.3, 0.4) is 0 Å². The molecule has 0 unspecified atom stereocenters. The van der Waals surface area contributed by atoms with Crippen LogP contribution in [-0.4, -0.2) is 22.4 Å². The summed E-state index contributed by atoms with van der Waals surface area (Å²) in [5.74, 6) is 0.735. The van der Waals surface area contributed by atoms with E-state index in [9.17, 15) is 4.79 Å². The topological polar surface area (TPSA) is 52.1 Å². The Labute approximate surface area is 107 Å². The highest BCUT2D eigenvalue weighted by atomic mass is 32.2. The summed E-state index contributed by atoms with van der Waals surface area (Å²) in [6, 6.07) is 7.00. The van der Waals surface area contributed by atoms with Crippen LogP contribution in [0.15, 0.2) is 28.6 Å². The summed E-state index contributed by atoms with van der Waals surface area (Å²) >= 11 is 2.51. The van der Waals surface area contributed by atoms with Gasteiger partial charge >= 0.3 is 0 Å². The fourth-order valence-electron chi connectivity index (χ4n) is 1.18. The Kier molecular flexibility index (Phi) is 3.75. The molecule has 2 aromatic rings. The average molecular weight is 266 g/mol. The van der Waals surface area contributed by atoms with Crippen molar-refractivity contribution in [3.05, 3.63) is 34.8 Å². The Balaban J connectivity index is 2.09. The van der Waals surface area contributed by atoms with Crippen LogP contribution >= 0.6 is 23.1 Å². The Morgan fingerprint density at radius 3 is 2.53 bits per heavy atom. The normalized spacial score (nSPS) is 10.2. The first-order valence-corrected chi connectivity index (χ1v) is 6.48. The highest BCUT2D eigenvalue weighted by molar-refractivity contribution is 8.15. The van der Waals surface area contributed by atoms with Gasteiger partial charge in [0.05, 0.1) is 7.11 Å². The van der Waals surface area contributed by atoms with Crippen LogP contribution in [0.2, 0.25) is 0 Å². The van der Waals surface area contributed by atoms with E-state index in [1.807, 2.05) is 6.92 Å². The number of benzene rings is 1. The van der Waals surface area contributed by atoms with Crippen LogP contribution in [0.5, 0.6) is 5.75 Å². The third-order valence-electron chi connectivity index (χ3n) is 2.01. The summed E-state index contributed by atoms with van der Waals surface area (Å²) in [5, 5.41) is 8.59. The third kappa shape index (κ3) is 3.04. The largest absolute Gasteiger partial charge is 0.497 e. The van der Waals surface area contributed by atoms with Gasteiger partial charge < -0.3 is 4.74 Å². The molecule has 0 aliphatic rings. The van der Waals surface area contributed by atoms with Crippen molar-refractivity contribution < 1.29 is 9.53 Å². The summed E-state index contributed by atoms with van der Waals surface area (Å²) in [4.78, 5) is 11.9. The molecule has 0 aliphatic heterocycles. The first kappa shape index (κ1) is 12.1. The van der Waals surface area contributed by atoms with E-state index in [4.69, 9.17) is 4.74 Å². The maximum Gasteiger partial charge on any atom is 0.226 e. The number of thioether (sulfide) groups is 1. The van der Waals surface area contributed by atoms with E-state index in [-0.39, 0.29) is 5.12 Å². The lowest BCUT2D eigenvalue weighted by molar-refractivity contribution is 0.108. The SMILES string of the molecule is COc1ccc(C(=O)Sc2nnc(C)s2)cc1. The number of rotatable bonds is 3. The molecule has 17 heavy (non-hydrogen) atoms. The van der Waals surface area contributed by atoms with E-state index in [1.165, 1.54) is 11.3 Å². The van der Waals surface area contributed by atoms with E-state index >= 15 is 0 Å². The van der Waals surface area contributed by atoms with Crippen molar-refractivity contribution in [1.29, 1.82) is 0 Å². The maximum atomic E-state index is 11.9. The predicted octanol–water partition coefficient (Wildman–Crippen LogP) is 2.79. The number of hydrogen-bond acceptors (Lipinski definition) is 6. The zero-order valence-electron chi connectivity index (χ0n) is 9.34. The van der Waals surface area contributed by atoms with Gasteiger partial charge in [0.15, 0.2) is 4.34 Å². The van der Waals surface area contributed by atoms with Gasteiger partial charge in [-0.05, 0) is 43.0 Å². The van der Waals surface area contributed by atoms with E-state index in [2.05, 4.69) is 10.2 Å². The van der Waals surface area contributed by atoms with Crippen molar-refractivity contribution in [3.8, 4) is 5.75 Å². The second-order valence-electron chi connectivity index (χ2n) is 3.21. The van der Waals surface area contributed by atoms with Gasteiger partial charge in [-0.15, -0.1) is 10.2 Å². The number of aryl methyl sites for hydroxylation is 1. The number of ether oxygens (including phenoxy) is 1. The minimum atomic E-state index is -0.0381. The molecule has 0 radical (unpaired) electrons. The molecule has 0 aliphatic carbocycles. The number of carbonyl (C=O) groups excluding carboxylic acids is 1. The lowest BCUT2D eigenvalue weighted by atomic mass is 10.2. The molecule has 0 saturated heterocycles. The Hall–Kier alpha value is -1.40. The van der Waals surface area contributed by atoms with Gasteiger partial charge in [0.1, 0.15) is 10.8 Å². The molecule has 0 spiro atoms. The van der Waals surface area contributed by atoms with Crippen LogP contribution in [-0.2, 0) is 0 Å². The molecule has 2 rings (SSSR count). The molecule has 0 bridgehead atoms. The van der Waals surface area contributed by atoms with Crippen molar-refractivity contribution in [3.63, 3.8) is 0 Å². The summed E-state index contributed by atoms with van der Waals surface area (Å²) in [6.45, 7) is 1.86. The van der Waals surface area contributed by atoms with Gasteiger partial charge in [-0.3, -0.25) is 4.79 Å². The van der Waals surface area contributed by atoms with Crippen LogP contribution in [0, 0.1) is 6.92 Å². The van der Waals surface area contributed by atoms with Gasteiger partial charge in [-0.2, -0.15) is 0 Å². The lowest BCUT2D eigenvalue weighted by Gasteiger charge is -2.00. The molecule has 0 saturated carbocycles. The predicted molar refractivity (Wildman–Crippen MR) is 67.8 cm³/mol. The van der Waals surface area contributed by atoms with Crippen molar-refractivity contribution in [2.24, 2.45) is 0 Å². The molecule has 6 heteroatoms. The van der Waals surface area contributed by atoms with E-state index in [0.29, 0.717) is 9.90 Å². The van der Waals surface area contributed by atoms with E-state index < -0.39 is 0 Å². The fraction of sp³-hybridized carbons (Fsp3) is 0.182. The molecule has 0 N–H and O–H groups in total. The average Bonchev–Trinajstić information content (AvgIpc) is 2.75. The van der Waals surface area contributed by atoms with Gasteiger partial charge in [0, 0.05) is 5.56 Å². The molecule has 0 atom stereocenters. The molecule has 1 aromatic carbocycles. The summed E-state index contributed by atoms with van der Waals surface area (Å²) < 4.78 is 5.70. The highest BCUT2D eigenvalue weighted by Gasteiger charge is 2.11. The molecule has 88 valence electrons. The van der Waals surface area contributed by atoms with Crippen molar-refractivity contribution in [2.75, 3.05) is 7.11 Å². The van der Waals surface area contributed by atoms with Gasteiger partial charge in [-0.1, -0.05) is 11.3 Å². The minimum Gasteiger partial charge on any atom is -0.497 e. The van der Waals surface area contributed by atoms with Crippen LogP contribution in [0.4, 0.5) is 0 Å². The Morgan fingerprint density at radius 1 is 1.29 bits per heavy atom. The standard InChI is InChI=1S/C11H10N2O2S2/c1-7-12-13-11(16-7)17-10(14)8-3-5-9(15-2)6-4-8/h3-6H,1-2H3. The number of nitrogens with zero attached hydrogens (tertiary/aromatic N) is 2. The second kappa shape index (κ2) is 5.29. The first-order valence-electron chi connectivity index (χ1n) is 4.85. The van der Waals surface area contributed by atoms with E-state index in [1.54, 1.807) is 31.4 Å². The van der Waals surface area contributed by atoms with Crippen LogP contribution in [0.25, 0.3) is 0 Å². The zero-order valence-corrected chi connectivity index (χ0v) is 11.0. The number of hydrogen-bond donors (Lipinski definition) is 0. The Morgan fingerprint density at radius 2 is 2.00 bits per heavy atom. The highest BCUT2D eigenvalue weighted by Crippen LogP contribution is 2.26. The molecule has 1 heterocycles. The van der Waals surface area contributed by atoms with Gasteiger partial charge in [-0.25, -0.2) is 0 Å². The smallest absolute Gasteiger partial charge is 0.226 e. The molecular formula is C11H10N2O2S2. The quantitative estimate of drug-likeness (QED) is 0.800. The molecule has 1 aromatic heterocycles. The van der Waals surface area contributed by atoms with Crippen LogP contribution < -0.4 is 4.74 Å². The zero-order chi connectivity index (χ0) is 12.3. The third-order valence-corrected chi connectivity index (χ3v) is 3.82. The van der Waals surface area contributed by atoms with Gasteiger partial charge in [0.2, 0.25) is 5.12 Å². The maximum absolute atomic E-state index is 11.9. The minimum absolute atomic E-state index is 0.0381. The van der Waals surface area contributed by atoms with Crippen molar-refractivity contribution in [2.45, 2.75) is 11.3 Å². The first-order chi connectivity index (χ1) is 8.19. The summed E-state index contributed by atoms with van der Waals surface area (Å²) in [7, 11) is 1.59. The Bertz CT molecular complexity index is 523. The fourth-order valence-corrected chi connectivity index (χ4v) is 2.85.